The van der Waals surface area contributed by atoms with Crippen molar-refractivity contribution < 1.29 is 9.90 Å². The third-order valence-electron chi connectivity index (χ3n) is 4.46. The van der Waals surface area contributed by atoms with E-state index in [9.17, 15) is 15.2 Å². The Morgan fingerprint density at radius 1 is 1.45 bits per heavy atom. The van der Waals surface area contributed by atoms with Crippen LogP contribution < -0.4 is 4.90 Å². The number of hydrogen-bond donors (Lipinski definition) is 1. The largest absolute Gasteiger partial charge is 0.481 e. The topological polar surface area (TPSA) is 64.3 Å². The van der Waals surface area contributed by atoms with Gasteiger partial charge in [0.15, 0.2) is 0 Å². The summed E-state index contributed by atoms with van der Waals surface area (Å²) in [5, 5.41) is 18.7. The molecule has 106 valence electrons. The molecule has 0 bridgehead atoms. The van der Waals surface area contributed by atoms with E-state index in [1.165, 1.54) is 0 Å². The molecule has 0 unspecified atom stereocenters. The quantitative estimate of drug-likeness (QED) is 0.918. The molecule has 0 amide bonds. The zero-order chi connectivity index (χ0) is 14.8. The second-order valence-corrected chi connectivity index (χ2v) is 5.56. The van der Waals surface area contributed by atoms with Gasteiger partial charge in [-0.15, -0.1) is 0 Å². The maximum absolute atomic E-state index is 11.4. The lowest BCUT2D eigenvalue weighted by Crippen LogP contribution is -2.44. The SMILES string of the molecule is CCC1(C(=O)O)CCN(c2ccc(C)cc2C#N)CC1. The molecule has 4 nitrogen and oxygen atoms in total. The maximum Gasteiger partial charge on any atom is 0.309 e. The van der Waals surface area contributed by atoms with Gasteiger partial charge in [-0.1, -0.05) is 13.0 Å². The van der Waals surface area contributed by atoms with Gasteiger partial charge in [0, 0.05) is 13.1 Å². The van der Waals surface area contributed by atoms with Crippen LogP contribution in [0.5, 0.6) is 0 Å². The fraction of sp³-hybridized carbons (Fsp3) is 0.500. The predicted molar refractivity (Wildman–Crippen MR) is 77.7 cm³/mol. The van der Waals surface area contributed by atoms with Gasteiger partial charge in [0.2, 0.25) is 0 Å². The van der Waals surface area contributed by atoms with Crippen molar-refractivity contribution in [3.8, 4) is 6.07 Å². The van der Waals surface area contributed by atoms with Gasteiger partial charge in [0.25, 0.3) is 0 Å². The Balaban J connectivity index is 2.19. The molecule has 0 atom stereocenters. The molecule has 1 aromatic carbocycles. The van der Waals surface area contributed by atoms with Crippen LogP contribution in [0, 0.1) is 23.7 Å². The molecule has 2 rings (SSSR count). The molecule has 4 heteroatoms. The van der Waals surface area contributed by atoms with Crippen LogP contribution in [0.25, 0.3) is 0 Å². The van der Waals surface area contributed by atoms with Crippen LogP contribution in [0.3, 0.4) is 0 Å². The summed E-state index contributed by atoms with van der Waals surface area (Å²) in [4.78, 5) is 13.6. The molecule has 0 spiro atoms. The lowest BCUT2D eigenvalue weighted by Gasteiger charge is -2.39. The number of carbonyl (C=O) groups is 1. The van der Waals surface area contributed by atoms with E-state index in [1.54, 1.807) is 0 Å². The number of benzene rings is 1. The van der Waals surface area contributed by atoms with Crippen molar-refractivity contribution in [1.29, 1.82) is 5.26 Å². The number of piperidine rings is 1. The first kappa shape index (κ1) is 14.4. The molecular formula is C16H20N2O2. The molecule has 1 aliphatic heterocycles. The number of aliphatic carboxylic acids is 1. The Bertz CT molecular complexity index is 552. The zero-order valence-electron chi connectivity index (χ0n) is 12.0. The van der Waals surface area contributed by atoms with Crippen LogP contribution in [0.15, 0.2) is 18.2 Å². The van der Waals surface area contributed by atoms with Crippen LogP contribution in [-0.2, 0) is 4.79 Å². The van der Waals surface area contributed by atoms with Crippen molar-refractivity contribution in [3.05, 3.63) is 29.3 Å². The first-order valence-electron chi connectivity index (χ1n) is 7.01. The second-order valence-electron chi connectivity index (χ2n) is 5.56. The number of nitrogens with zero attached hydrogens (tertiary/aromatic N) is 2. The van der Waals surface area contributed by atoms with Gasteiger partial charge in [-0.25, -0.2) is 0 Å². The van der Waals surface area contributed by atoms with Crippen molar-refractivity contribution in [2.24, 2.45) is 5.41 Å². The summed E-state index contributed by atoms with van der Waals surface area (Å²) in [5.74, 6) is -0.691. The predicted octanol–water partition coefficient (Wildman–Crippen LogP) is 2.95. The first-order valence-corrected chi connectivity index (χ1v) is 7.01. The van der Waals surface area contributed by atoms with Crippen molar-refractivity contribution in [2.75, 3.05) is 18.0 Å². The van der Waals surface area contributed by atoms with E-state index in [1.807, 2.05) is 32.0 Å². The zero-order valence-corrected chi connectivity index (χ0v) is 12.0. The number of carboxylic acids is 1. The van der Waals surface area contributed by atoms with E-state index in [4.69, 9.17) is 0 Å². The highest BCUT2D eigenvalue weighted by Gasteiger charge is 2.40. The number of aryl methyl sites for hydroxylation is 1. The molecule has 1 heterocycles. The lowest BCUT2D eigenvalue weighted by atomic mass is 9.76. The molecule has 20 heavy (non-hydrogen) atoms. The minimum absolute atomic E-state index is 0.589. The van der Waals surface area contributed by atoms with Gasteiger partial charge in [-0.2, -0.15) is 5.26 Å². The Hall–Kier alpha value is -2.02. The summed E-state index contributed by atoms with van der Waals surface area (Å²) in [7, 11) is 0. The van der Waals surface area contributed by atoms with E-state index < -0.39 is 11.4 Å². The van der Waals surface area contributed by atoms with E-state index in [-0.39, 0.29) is 0 Å². The van der Waals surface area contributed by atoms with E-state index in [0.717, 1.165) is 11.3 Å². The smallest absolute Gasteiger partial charge is 0.309 e. The lowest BCUT2D eigenvalue weighted by molar-refractivity contribution is -0.150. The van der Waals surface area contributed by atoms with Crippen molar-refractivity contribution in [2.45, 2.75) is 33.1 Å². The molecule has 1 aliphatic rings. The van der Waals surface area contributed by atoms with Crippen molar-refractivity contribution >= 4 is 11.7 Å². The van der Waals surface area contributed by atoms with Crippen LogP contribution in [0.1, 0.15) is 37.3 Å². The summed E-state index contributed by atoms with van der Waals surface area (Å²) in [5.41, 5.74) is 2.07. The van der Waals surface area contributed by atoms with Crippen LogP contribution in [0.2, 0.25) is 0 Å². The minimum Gasteiger partial charge on any atom is -0.481 e. The van der Waals surface area contributed by atoms with E-state index in [0.29, 0.717) is 37.9 Å². The molecule has 0 radical (unpaired) electrons. The molecule has 1 fully saturated rings. The number of rotatable bonds is 3. The first-order chi connectivity index (χ1) is 9.52. The normalized spacial score (nSPS) is 17.6. The highest BCUT2D eigenvalue weighted by atomic mass is 16.4. The van der Waals surface area contributed by atoms with Crippen LogP contribution in [0.4, 0.5) is 5.69 Å². The monoisotopic (exact) mass is 272 g/mol. The molecule has 0 aliphatic carbocycles. The van der Waals surface area contributed by atoms with Gasteiger partial charge in [-0.05, 0) is 43.9 Å². The second kappa shape index (κ2) is 5.54. The Morgan fingerprint density at radius 3 is 2.60 bits per heavy atom. The molecule has 1 saturated heterocycles. The Kier molecular flexibility index (Phi) is 3.99. The van der Waals surface area contributed by atoms with Gasteiger partial charge in [-0.3, -0.25) is 4.79 Å². The Morgan fingerprint density at radius 2 is 2.10 bits per heavy atom. The number of carboxylic acid groups (broad SMARTS) is 1. The average Bonchev–Trinajstić information content (AvgIpc) is 2.47. The van der Waals surface area contributed by atoms with Crippen molar-refractivity contribution in [3.63, 3.8) is 0 Å². The van der Waals surface area contributed by atoms with E-state index >= 15 is 0 Å². The number of anilines is 1. The summed E-state index contributed by atoms with van der Waals surface area (Å²) in [6.45, 7) is 5.29. The van der Waals surface area contributed by atoms with Crippen LogP contribution >= 0.6 is 0 Å². The highest BCUT2D eigenvalue weighted by molar-refractivity contribution is 5.75. The standard InChI is InChI=1S/C16H20N2O2/c1-3-16(15(19)20)6-8-18(9-7-16)14-5-4-12(2)10-13(14)11-17/h4-5,10H,3,6-9H2,1-2H3,(H,19,20). The third kappa shape index (κ3) is 2.49. The summed E-state index contributed by atoms with van der Waals surface area (Å²) in [6.07, 6.45) is 1.93. The van der Waals surface area contributed by atoms with Gasteiger partial charge >= 0.3 is 5.97 Å². The fourth-order valence-corrected chi connectivity index (χ4v) is 2.91. The van der Waals surface area contributed by atoms with Gasteiger partial charge < -0.3 is 10.0 Å². The van der Waals surface area contributed by atoms with Crippen LogP contribution in [-0.4, -0.2) is 24.2 Å². The minimum atomic E-state index is -0.691. The third-order valence-corrected chi connectivity index (χ3v) is 4.46. The average molecular weight is 272 g/mol. The van der Waals surface area contributed by atoms with Gasteiger partial charge in [0.1, 0.15) is 6.07 Å². The number of nitriles is 1. The Labute approximate surface area is 119 Å². The molecule has 0 aromatic heterocycles. The highest BCUT2D eigenvalue weighted by Crippen LogP contribution is 2.37. The van der Waals surface area contributed by atoms with E-state index in [2.05, 4.69) is 11.0 Å². The maximum atomic E-state index is 11.4. The van der Waals surface area contributed by atoms with Crippen molar-refractivity contribution in [1.82, 2.24) is 0 Å². The molecular weight excluding hydrogens is 252 g/mol. The van der Waals surface area contributed by atoms with Gasteiger partial charge in [0.05, 0.1) is 16.7 Å². The summed E-state index contributed by atoms with van der Waals surface area (Å²) < 4.78 is 0. The fourth-order valence-electron chi connectivity index (χ4n) is 2.91. The summed E-state index contributed by atoms with van der Waals surface area (Å²) >= 11 is 0. The molecule has 0 saturated carbocycles. The summed E-state index contributed by atoms with van der Waals surface area (Å²) in [6, 6.07) is 8.08. The number of hydrogen-bond acceptors (Lipinski definition) is 3. The molecule has 1 N–H and O–H groups in total. The molecule has 1 aromatic rings.